The minimum absolute atomic E-state index is 0.0281. The highest BCUT2D eigenvalue weighted by Crippen LogP contribution is 2.43. The van der Waals surface area contributed by atoms with Gasteiger partial charge in [0.05, 0.1) is 26.4 Å². The van der Waals surface area contributed by atoms with Gasteiger partial charge in [-0.25, -0.2) is 4.57 Å². The number of rotatable bonds is 36. The van der Waals surface area contributed by atoms with Crippen LogP contribution in [0.15, 0.2) is 48.6 Å². The van der Waals surface area contributed by atoms with E-state index in [0.717, 1.165) is 70.6 Å². The van der Waals surface area contributed by atoms with Crippen LogP contribution in [0.2, 0.25) is 0 Å². The van der Waals surface area contributed by atoms with E-state index in [2.05, 4.69) is 62.5 Å². The van der Waals surface area contributed by atoms with Crippen LogP contribution >= 0.6 is 7.82 Å². The van der Waals surface area contributed by atoms with Gasteiger partial charge in [-0.05, 0) is 51.4 Å². The van der Waals surface area contributed by atoms with E-state index in [1.54, 1.807) is 0 Å². The molecule has 0 aliphatic carbocycles. The molecule has 9 nitrogen and oxygen atoms in total. The quantitative estimate of drug-likeness (QED) is 0.0251. The van der Waals surface area contributed by atoms with Gasteiger partial charge in [0, 0.05) is 13.0 Å². The van der Waals surface area contributed by atoms with Gasteiger partial charge in [0.25, 0.3) is 0 Å². The van der Waals surface area contributed by atoms with Crippen molar-refractivity contribution in [3.63, 3.8) is 0 Å². The Bertz CT molecular complexity index is 903. The summed E-state index contributed by atoms with van der Waals surface area (Å²) in [6.07, 6.45) is 37.8. The third kappa shape index (κ3) is 36.0. The Hall–Kier alpha value is -1.58. The molecule has 0 heterocycles. The Kier molecular flexibility index (Phi) is 35.1. The maximum Gasteiger partial charge on any atom is 0.472 e. The molecule has 0 aliphatic rings. The first-order valence-corrected chi connectivity index (χ1v) is 20.6. The van der Waals surface area contributed by atoms with Gasteiger partial charge in [-0.15, -0.1) is 0 Å². The zero-order chi connectivity index (χ0) is 36.1. The number of phosphoric ester groups is 1. The molecule has 10 heteroatoms. The minimum Gasteiger partial charge on any atom is -0.457 e. The summed E-state index contributed by atoms with van der Waals surface area (Å²) in [6.45, 7) is 3.30. The van der Waals surface area contributed by atoms with Crippen molar-refractivity contribution >= 4 is 13.8 Å². The predicted octanol–water partition coefficient (Wildman–Crippen LogP) is 9.86. The monoisotopic (exact) mass is 714 g/mol. The number of unbranched alkanes of at least 4 members (excludes halogenated alkanes) is 14. The van der Waals surface area contributed by atoms with E-state index in [9.17, 15) is 19.4 Å². The summed E-state index contributed by atoms with van der Waals surface area (Å²) in [5.41, 5.74) is 0. The topological polar surface area (TPSA) is 132 Å². The highest BCUT2D eigenvalue weighted by Gasteiger charge is 2.26. The summed E-state index contributed by atoms with van der Waals surface area (Å²) in [5.74, 6) is -0.397. The number of carbonyl (C=O) groups excluding carboxylic acids is 1. The van der Waals surface area contributed by atoms with Crippen LogP contribution in [0.5, 0.6) is 0 Å². The first kappa shape index (κ1) is 47.4. The predicted molar refractivity (Wildman–Crippen MR) is 200 cm³/mol. The van der Waals surface area contributed by atoms with Crippen molar-refractivity contribution in [3.8, 4) is 0 Å². The van der Waals surface area contributed by atoms with E-state index in [4.69, 9.17) is 23.6 Å². The van der Waals surface area contributed by atoms with Crippen LogP contribution in [-0.2, 0) is 27.9 Å². The van der Waals surface area contributed by atoms with E-state index >= 15 is 0 Å². The van der Waals surface area contributed by atoms with Gasteiger partial charge in [-0.2, -0.15) is 0 Å². The highest BCUT2D eigenvalue weighted by atomic mass is 31.2. The normalized spacial score (nSPS) is 14.8. The van der Waals surface area contributed by atoms with Gasteiger partial charge < -0.3 is 24.6 Å². The number of phosphoric acid groups is 1. The van der Waals surface area contributed by atoms with Crippen LogP contribution in [0.4, 0.5) is 0 Å². The maximum absolute atomic E-state index is 12.5. The lowest BCUT2D eigenvalue weighted by Crippen LogP contribution is -2.29. The number of aliphatic hydroxyl groups excluding tert-OH is 2. The first-order chi connectivity index (χ1) is 23.8. The molecule has 0 radical (unpaired) electrons. The average molecular weight is 715 g/mol. The Balaban J connectivity index is 4.30. The molecule has 0 saturated heterocycles. The van der Waals surface area contributed by atoms with Gasteiger partial charge in [0.1, 0.15) is 12.2 Å². The van der Waals surface area contributed by atoms with Gasteiger partial charge in [-0.1, -0.05) is 140 Å². The van der Waals surface area contributed by atoms with Crippen molar-refractivity contribution in [2.75, 3.05) is 33.0 Å². The number of hydrogen-bond donors (Lipinski definition) is 3. The molecule has 0 rings (SSSR count). The Morgan fingerprint density at radius 1 is 0.653 bits per heavy atom. The summed E-state index contributed by atoms with van der Waals surface area (Å²) in [6, 6.07) is 0. The third-order valence-corrected chi connectivity index (χ3v) is 8.73. The van der Waals surface area contributed by atoms with Crippen LogP contribution < -0.4 is 0 Å². The van der Waals surface area contributed by atoms with E-state index in [-0.39, 0.29) is 19.6 Å². The number of carbonyl (C=O) groups is 1. The molecular formula is C39H71O9P. The molecule has 0 amide bonds. The van der Waals surface area contributed by atoms with Crippen LogP contribution in [0, 0.1) is 0 Å². The first-order valence-electron chi connectivity index (χ1n) is 19.1. The molecule has 3 unspecified atom stereocenters. The fourth-order valence-electron chi connectivity index (χ4n) is 4.87. The Labute approximate surface area is 298 Å². The van der Waals surface area contributed by atoms with Crippen LogP contribution in [-0.4, -0.2) is 66.3 Å². The molecular weight excluding hydrogens is 643 g/mol. The SMILES string of the molecule is CC/C=C\C/C=C\C/C=C\C/C=C\CCCCCOCC(COP(=O)(O)OCC(O)CO)OC(=O)CCCCCCCCCCCCCC. The Morgan fingerprint density at radius 2 is 1.16 bits per heavy atom. The van der Waals surface area contributed by atoms with Gasteiger partial charge in [0.15, 0.2) is 0 Å². The number of aliphatic hydroxyl groups is 2. The standard InChI is InChI=1S/C39H71O9P/c1-3-5-7-9-11-13-15-17-18-19-20-22-24-26-28-30-32-45-35-38(36-47-49(43,44)46-34-37(41)33-40)48-39(42)31-29-27-25-23-21-16-14-12-10-8-6-4-2/h5,7,11,13,17-18,20,22,37-38,40-41H,3-4,6,8-10,12,14-16,19,21,23-36H2,1-2H3,(H,43,44)/b7-5-,13-11-,18-17-,22-20-. The second-order valence-electron chi connectivity index (χ2n) is 12.6. The molecule has 0 fully saturated rings. The summed E-state index contributed by atoms with van der Waals surface area (Å²) in [7, 11) is -4.52. The van der Waals surface area contributed by atoms with Crippen LogP contribution in [0.3, 0.4) is 0 Å². The second kappa shape index (κ2) is 36.2. The van der Waals surface area contributed by atoms with Crippen molar-refractivity contribution in [1.82, 2.24) is 0 Å². The molecule has 0 aromatic rings. The largest absolute Gasteiger partial charge is 0.472 e. The molecule has 0 aromatic heterocycles. The van der Waals surface area contributed by atoms with Gasteiger partial charge in [-0.3, -0.25) is 13.8 Å². The number of ether oxygens (including phenoxy) is 2. The molecule has 49 heavy (non-hydrogen) atoms. The fraction of sp³-hybridized carbons (Fsp3) is 0.769. The molecule has 286 valence electrons. The summed E-state index contributed by atoms with van der Waals surface area (Å²) >= 11 is 0. The van der Waals surface area contributed by atoms with E-state index in [1.165, 1.54) is 57.8 Å². The minimum atomic E-state index is -4.52. The molecule has 0 aliphatic heterocycles. The average Bonchev–Trinajstić information content (AvgIpc) is 3.09. The van der Waals surface area contributed by atoms with Crippen molar-refractivity contribution in [2.24, 2.45) is 0 Å². The lowest BCUT2D eigenvalue weighted by atomic mass is 10.0. The number of allylic oxidation sites excluding steroid dienone is 8. The molecule has 3 N–H and O–H groups in total. The Morgan fingerprint density at radius 3 is 1.73 bits per heavy atom. The summed E-state index contributed by atoms with van der Waals surface area (Å²) in [5, 5.41) is 18.3. The van der Waals surface area contributed by atoms with E-state index < -0.39 is 39.2 Å². The van der Waals surface area contributed by atoms with Crippen molar-refractivity contribution < 1.29 is 43.0 Å². The summed E-state index contributed by atoms with van der Waals surface area (Å²) < 4.78 is 33.2. The fourth-order valence-corrected chi connectivity index (χ4v) is 5.66. The van der Waals surface area contributed by atoms with Crippen molar-refractivity contribution in [1.29, 1.82) is 0 Å². The number of esters is 1. The zero-order valence-corrected chi connectivity index (χ0v) is 31.8. The number of hydrogen-bond acceptors (Lipinski definition) is 8. The highest BCUT2D eigenvalue weighted by molar-refractivity contribution is 7.47. The zero-order valence-electron chi connectivity index (χ0n) is 30.9. The maximum atomic E-state index is 12.5. The summed E-state index contributed by atoms with van der Waals surface area (Å²) in [4.78, 5) is 22.5. The van der Waals surface area contributed by atoms with E-state index in [1.807, 2.05) is 0 Å². The second-order valence-corrected chi connectivity index (χ2v) is 14.0. The third-order valence-electron chi connectivity index (χ3n) is 7.78. The lowest BCUT2D eigenvalue weighted by Gasteiger charge is -2.20. The smallest absolute Gasteiger partial charge is 0.457 e. The van der Waals surface area contributed by atoms with Gasteiger partial charge >= 0.3 is 13.8 Å². The molecule has 0 aromatic carbocycles. The molecule has 3 atom stereocenters. The molecule has 0 saturated carbocycles. The van der Waals surface area contributed by atoms with E-state index in [0.29, 0.717) is 6.61 Å². The van der Waals surface area contributed by atoms with Crippen molar-refractivity contribution in [3.05, 3.63) is 48.6 Å². The van der Waals surface area contributed by atoms with Gasteiger partial charge in [0.2, 0.25) is 0 Å². The van der Waals surface area contributed by atoms with Crippen molar-refractivity contribution in [2.45, 2.75) is 161 Å². The molecule has 0 bridgehead atoms. The lowest BCUT2D eigenvalue weighted by molar-refractivity contribution is -0.154. The van der Waals surface area contributed by atoms with Crippen LogP contribution in [0.1, 0.15) is 149 Å². The molecule has 0 spiro atoms. The van der Waals surface area contributed by atoms with Crippen LogP contribution in [0.25, 0.3) is 0 Å².